The van der Waals surface area contributed by atoms with Crippen LogP contribution in [0.3, 0.4) is 0 Å². The Morgan fingerprint density at radius 1 is 1.17 bits per heavy atom. The van der Waals surface area contributed by atoms with Gasteiger partial charge in [-0.2, -0.15) is 4.68 Å². The molecule has 1 aromatic carbocycles. The summed E-state index contributed by atoms with van der Waals surface area (Å²) < 4.78 is 14.9. The maximum absolute atomic E-state index is 5.75. The van der Waals surface area contributed by atoms with Crippen molar-refractivity contribution in [1.82, 2.24) is 24.7 Å². The lowest BCUT2D eigenvalue weighted by Gasteiger charge is -2.34. The first kappa shape index (κ1) is 16.1. The van der Waals surface area contributed by atoms with E-state index in [2.05, 4.69) is 29.2 Å². The van der Waals surface area contributed by atoms with E-state index in [9.17, 15) is 0 Å². The SMILES string of the molecule is COc1ccc(-n2nnn(CN3CC(C)OC(C)C3)c2=S)cc1. The number of benzene rings is 1. The first-order valence-corrected chi connectivity index (χ1v) is 8.02. The minimum absolute atomic E-state index is 0.213. The number of rotatable bonds is 4. The van der Waals surface area contributed by atoms with Crippen LogP contribution in [0.2, 0.25) is 0 Å². The number of tetrazole rings is 1. The van der Waals surface area contributed by atoms with E-state index in [4.69, 9.17) is 21.7 Å². The van der Waals surface area contributed by atoms with Crippen molar-refractivity contribution >= 4 is 12.2 Å². The molecule has 124 valence electrons. The van der Waals surface area contributed by atoms with Crippen LogP contribution < -0.4 is 4.74 Å². The fourth-order valence-electron chi connectivity index (χ4n) is 2.84. The van der Waals surface area contributed by atoms with Gasteiger partial charge in [0.05, 0.1) is 31.7 Å². The largest absolute Gasteiger partial charge is 0.497 e. The first-order valence-electron chi connectivity index (χ1n) is 7.62. The van der Waals surface area contributed by atoms with E-state index < -0.39 is 0 Å². The summed E-state index contributed by atoms with van der Waals surface area (Å²) in [5.74, 6) is 0.795. The Kier molecular flexibility index (Phi) is 4.74. The van der Waals surface area contributed by atoms with Crippen LogP contribution >= 0.6 is 12.2 Å². The number of aromatic nitrogens is 4. The molecule has 2 atom stereocenters. The Morgan fingerprint density at radius 3 is 2.43 bits per heavy atom. The molecule has 0 amide bonds. The fraction of sp³-hybridized carbons (Fsp3) is 0.533. The first-order chi connectivity index (χ1) is 11.1. The number of methoxy groups -OCH3 is 1. The highest BCUT2D eigenvalue weighted by molar-refractivity contribution is 7.71. The van der Waals surface area contributed by atoms with Crippen LogP contribution in [-0.4, -0.2) is 57.1 Å². The van der Waals surface area contributed by atoms with Crippen molar-refractivity contribution in [2.24, 2.45) is 0 Å². The molecule has 23 heavy (non-hydrogen) atoms. The van der Waals surface area contributed by atoms with Crippen LogP contribution in [0.1, 0.15) is 13.8 Å². The summed E-state index contributed by atoms with van der Waals surface area (Å²) in [5, 5.41) is 8.36. The zero-order valence-corrected chi connectivity index (χ0v) is 14.4. The van der Waals surface area contributed by atoms with E-state index in [0.717, 1.165) is 24.5 Å². The summed E-state index contributed by atoms with van der Waals surface area (Å²) in [6, 6.07) is 7.57. The van der Waals surface area contributed by atoms with E-state index in [1.165, 1.54) is 0 Å². The molecule has 2 aromatic rings. The second-order valence-corrected chi connectivity index (χ2v) is 6.17. The zero-order chi connectivity index (χ0) is 16.4. The van der Waals surface area contributed by atoms with Gasteiger partial charge in [-0.15, -0.1) is 0 Å². The minimum Gasteiger partial charge on any atom is -0.497 e. The van der Waals surface area contributed by atoms with Crippen molar-refractivity contribution in [2.75, 3.05) is 20.2 Å². The van der Waals surface area contributed by atoms with Gasteiger partial charge in [-0.1, -0.05) is 0 Å². The summed E-state index contributed by atoms with van der Waals surface area (Å²) in [6.07, 6.45) is 0.425. The molecule has 0 bridgehead atoms. The standard InChI is InChI=1S/C15H21N5O2S/c1-11-8-18(9-12(2)22-11)10-19-15(23)20(17-16-19)13-4-6-14(21-3)7-5-13/h4-7,11-12H,8-10H2,1-3H3. The molecule has 0 radical (unpaired) electrons. The van der Waals surface area contributed by atoms with Crippen molar-refractivity contribution in [3.63, 3.8) is 0 Å². The molecule has 1 aromatic heterocycles. The average molecular weight is 335 g/mol. The maximum atomic E-state index is 5.75. The van der Waals surface area contributed by atoms with Gasteiger partial charge in [0.1, 0.15) is 5.75 Å². The summed E-state index contributed by atoms with van der Waals surface area (Å²) in [5.41, 5.74) is 0.866. The van der Waals surface area contributed by atoms with Crippen molar-refractivity contribution in [1.29, 1.82) is 0 Å². The zero-order valence-electron chi connectivity index (χ0n) is 13.5. The number of ether oxygens (including phenoxy) is 2. The van der Waals surface area contributed by atoms with Crippen LogP contribution in [0.4, 0.5) is 0 Å². The molecule has 1 aliphatic rings. The van der Waals surface area contributed by atoms with Crippen LogP contribution in [-0.2, 0) is 11.4 Å². The topological polar surface area (TPSA) is 57.3 Å². The predicted molar refractivity (Wildman–Crippen MR) is 88.3 cm³/mol. The van der Waals surface area contributed by atoms with Crippen molar-refractivity contribution in [2.45, 2.75) is 32.7 Å². The molecule has 2 heterocycles. The van der Waals surface area contributed by atoms with Crippen molar-refractivity contribution in [3.05, 3.63) is 29.0 Å². The van der Waals surface area contributed by atoms with Crippen LogP contribution in [0.5, 0.6) is 5.75 Å². The van der Waals surface area contributed by atoms with Gasteiger partial charge >= 0.3 is 0 Å². The molecular formula is C15H21N5O2S. The highest BCUT2D eigenvalue weighted by Gasteiger charge is 2.23. The fourth-order valence-corrected chi connectivity index (χ4v) is 3.07. The third-order valence-electron chi connectivity index (χ3n) is 3.79. The third-order valence-corrected chi connectivity index (χ3v) is 4.17. The highest BCUT2D eigenvalue weighted by atomic mass is 32.1. The molecule has 0 N–H and O–H groups in total. The lowest BCUT2D eigenvalue weighted by molar-refractivity contribution is -0.0778. The van der Waals surface area contributed by atoms with E-state index in [-0.39, 0.29) is 12.2 Å². The van der Waals surface area contributed by atoms with E-state index in [1.807, 2.05) is 24.3 Å². The van der Waals surface area contributed by atoms with Gasteiger partial charge in [0.15, 0.2) is 0 Å². The molecule has 3 rings (SSSR count). The Bertz CT molecular complexity index is 701. The third kappa shape index (κ3) is 3.60. The van der Waals surface area contributed by atoms with Gasteiger partial charge in [0, 0.05) is 13.1 Å². The number of hydrogen-bond donors (Lipinski definition) is 0. The number of morpholine rings is 1. The van der Waals surface area contributed by atoms with Gasteiger partial charge in [-0.05, 0) is 60.8 Å². The maximum Gasteiger partial charge on any atom is 0.221 e. The molecule has 0 aliphatic carbocycles. The van der Waals surface area contributed by atoms with E-state index in [0.29, 0.717) is 11.4 Å². The molecule has 1 aliphatic heterocycles. The molecular weight excluding hydrogens is 314 g/mol. The summed E-state index contributed by atoms with van der Waals surface area (Å²) in [7, 11) is 1.64. The number of hydrogen-bond acceptors (Lipinski definition) is 6. The molecule has 0 saturated carbocycles. The molecule has 7 nitrogen and oxygen atoms in total. The second kappa shape index (κ2) is 6.77. The number of nitrogens with zero attached hydrogens (tertiary/aromatic N) is 5. The smallest absolute Gasteiger partial charge is 0.221 e. The lowest BCUT2D eigenvalue weighted by atomic mass is 10.2. The Hall–Kier alpha value is -1.77. The van der Waals surface area contributed by atoms with Gasteiger partial charge in [-0.25, -0.2) is 4.68 Å². The molecule has 1 saturated heterocycles. The van der Waals surface area contributed by atoms with Crippen LogP contribution in [0.25, 0.3) is 5.69 Å². The van der Waals surface area contributed by atoms with Crippen LogP contribution in [0, 0.1) is 4.77 Å². The molecule has 0 spiro atoms. The molecule has 2 unspecified atom stereocenters. The van der Waals surface area contributed by atoms with Gasteiger partial charge in [0.2, 0.25) is 4.77 Å². The quantitative estimate of drug-likeness (QED) is 0.795. The summed E-state index contributed by atoms with van der Waals surface area (Å²) >= 11 is 5.51. The van der Waals surface area contributed by atoms with Crippen molar-refractivity contribution < 1.29 is 9.47 Å². The Labute approximate surface area is 140 Å². The molecule has 1 fully saturated rings. The molecule has 8 heteroatoms. The second-order valence-electron chi connectivity index (χ2n) is 5.81. The van der Waals surface area contributed by atoms with E-state index in [1.54, 1.807) is 16.5 Å². The van der Waals surface area contributed by atoms with Gasteiger partial charge in [0.25, 0.3) is 0 Å². The van der Waals surface area contributed by atoms with Crippen LogP contribution in [0.15, 0.2) is 24.3 Å². The van der Waals surface area contributed by atoms with Gasteiger partial charge in [-0.3, -0.25) is 4.90 Å². The Balaban J connectivity index is 1.77. The highest BCUT2D eigenvalue weighted by Crippen LogP contribution is 2.15. The Morgan fingerprint density at radius 2 is 1.83 bits per heavy atom. The summed E-state index contributed by atoms with van der Waals surface area (Å²) in [4.78, 5) is 2.28. The monoisotopic (exact) mass is 335 g/mol. The lowest BCUT2D eigenvalue weighted by Crippen LogP contribution is -2.46. The normalized spacial score (nSPS) is 22.2. The van der Waals surface area contributed by atoms with Crippen molar-refractivity contribution in [3.8, 4) is 11.4 Å². The van der Waals surface area contributed by atoms with E-state index >= 15 is 0 Å². The predicted octanol–water partition coefficient (Wildman–Crippen LogP) is 1.87. The summed E-state index contributed by atoms with van der Waals surface area (Å²) in [6.45, 7) is 6.50. The van der Waals surface area contributed by atoms with Gasteiger partial charge < -0.3 is 9.47 Å². The average Bonchev–Trinajstić information content (AvgIpc) is 2.87. The minimum atomic E-state index is 0.213.